The molecule has 0 saturated carbocycles. The number of ether oxygens (including phenoxy) is 4. The standard InChI is InChI=1S/C35H62O5/c1-8-11-14-17-20-23-28(4)37-33-26-32(40-31(7)36)27-34(38-29(5)24-21-18-15-12-9-2)35(33)39-30(6)25-22-19-16-13-10-3/h26-30H,8-25H2,1-7H3. The van der Waals surface area contributed by atoms with Gasteiger partial charge in [-0.25, -0.2) is 0 Å². The quantitative estimate of drug-likeness (QED) is 0.0674. The van der Waals surface area contributed by atoms with Crippen molar-refractivity contribution in [2.45, 2.75) is 182 Å². The van der Waals surface area contributed by atoms with Crippen molar-refractivity contribution in [1.82, 2.24) is 0 Å². The Labute approximate surface area is 247 Å². The zero-order valence-electron chi connectivity index (χ0n) is 27.2. The molecule has 0 radical (unpaired) electrons. The summed E-state index contributed by atoms with van der Waals surface area (Å²) in [7, 11) is 0. The Bertz CT molecular complexity index is 734. The van der Waals surface area contributed by atoms with E-state index in [0.717, 1.165) is 38.5 Å². The molecule has 1 aromatic carbocycles. The fourth-order valence-electron chi connectivity index (χ4n) is 4.99. The van der Waals surface area contributed by atoms with Crippen LogP contribution < -0.4 is 18.9 Å². The van der Waals surface area contributed by atoms with E-state index in [4.69, 9.17) is 18.9 Å². The minimum Gasteiger partial charge on any atom is -0.487 e. The van der Waals surface area contributed by atoms with Crippen LogP contribution in [0.2, 0.25) is 0 Å². The van der Waals surface area contributed by atoms with Crippen LogP contribution in [0.4, 0.5) is 0 Å². The van der Waals surface area contributed by atoms with E-state index in [1.54, 1.807) is 12.1 Å². The van der Waals surface area contributed by atoms with Gasteiger partial charge in [0.05, 0.1) is 18.3 Å². The Balaban J connectivity index is 3.11. The summed E-state index contributed by atoms with van der Waals surface area (Å²) in [6.45, 7) is 14.5. The molecule has 3 unspecified atom stereocenters. The number of hydrogen-bond donors (Lipinski definition) is 0. The first-order valence-corrected chi connectivity index (χ1v) is 16.7. The second-order valence-corrected chi connectivity index (χ2v) is 11.7. The molecular weight excluding hydrogens is 500 g/mol. The molecule has 0 bridgehead atoms. The van der Waals surface area contributed by atoms with Gasteiger partial charge in [-0.05, 0) is 59.3 Å². The molecule has 0 amide bonds. The van der Waals surface area contributed by atoms with Crippen LogP contribution in [-0.2, 0) is 4.79 Å². The van der Waals surface area contributed by atoms with Crippen molar-refractivity contribution in [3.63, 3.8) is 0 Å². The van der Waals surface area contributed by atoms with Crippen LogP contribution in [0.3, 0.4) is 0 Å². The molecule has 1 rings (SSSR count). The van der Waals surface area contributed by atoms with Crippen LogP contribution in [0.5, 0.6) is 23.0 Å². The van der Waals surface area contributed by atoms with Gasteiger partial charge >= 0.3 is 5.97 Å². The monoisotopic (exact) mass is 562 g/mol. The average Bonchev–Trinajstić information content (AvgIpc) is 2.90. The number of benzene rings is 1. The van der Waals surface area contributed by atoms with E-state index in [9.17, 15) is 4.79 Å². The Hall–Kier alpha value is -1.91. The highest BCUT2D eigenvalue weighted by atomic mass is 16.6. The van der Waals surface area contributed by atoms with Gasteiger partial charge in [-0.15, -0.1) is 0 Å². The van der Waals surface area contributed by atoms with E-state index >= 15 is 0 Å². The fourth-order valence-corrected chi connectivity index (χ4v) is 4.99. The summed E-state index contributed by atoms with van der Waals surface area (Å²) in [4.78, 5) is 11.9. The summed E-state index contributed by atoms with van der Waals surface area (Å²) in [6, 6.07) is 3.58. The number of hydrogen-bond acceptors (Lipinski definition) is 5. The molecule has 40 heavy (non-hydrogen) atoms. The van der Waals surface area contributed by atoms with Crippen molar-refractivity contribution in [2.75, 3.05) is 0 Å². The predicted octanol–water partition coefficient (Wildman–Crippen LogP) is 11.0. The van der Waals surface area contributed by atoms with Crippen molar-refractivity contribution < 1.29 is 23.7 Å². The SMILES string of the molecule is CCCCCCCC(C)Oc1cc(OC(C)=O)cc(OC(C)CCCCCCC)c1OC(C)CCCCCCC. The second-order valence-electron chi connectivity index (χ2n) is 11.7. The Kier molecular flexibility index (Phi) is 20.5. The van der Waals surface area contributed by atoms with Gasteiger partial charge in [-0.3, -0.25) is 4.79 Å². The highest BCUT2D eigenvalue weighted by molar-refractivity contribution is 5.70. The van der Waals surface area contributed by atoms with Crippen molar-refractivity contribution in [2.24, 2.45) is 0 Å². The maximum absolute atomic E-state index is 11.9. The highest BCUT2D eigenvalue weighted by Crippen LogP contribution is 2.44. The topological polar surface area (TPSA) is 54.0 Å². The third kappa shape index (κ3) is 17.0. The van der Waals surface area contributed by atoms with Crippen molar-refractivity contribution >= 4 is 5.97 Å². The van der Waals surface area contributed by atoms with E-state index in [0.29, 0.717) is 23.0 Å². The Morgan fingerprint density at radius 1 is 0.575 bits per heavy atom. The Morgan fingerprint density at radius 2 is 0.925 bits per heavy atom. The maximum atomic E-state index is 11.9. The van der Waals surface area contributed by atoms with Crippen LogP contribution in [0.25, 0.3) is 0 Å². The van der Waals surface area contributed by atoms with Gasteiger partial charge in [-0.2, -0.15) is 0 Å². The number of carbonyl (C=O) groups excluding carboxylic acids is 1. The minimum absolute atomic E-state index is 0.0183. The van der Waals surface area contributed by atoms with Gasteiger partial charge in [-0.1, -0.05) is 97.8 Å². The molecule has 0 saturated heterocycles. The van der Waals surface area contributed by atoms with Crippen LogP contribution in [0, 0.1) is 0 Å². The second kappa shape index (κ2) is 22.7. The van der Waals surface area contributed by atoms with Crippen LogP contribution in [-0.4, -0.2) is 24.3 Å². The molecule has 0 aliphatic rings. The van der Waals surface area contributed by atoms with E-state index in [2.05, 4.69) is 41.5 Å². The lowest BCUT2D eigenvalue weighted by atomic mass is 10.1. The van der Waals surface area contributed by atoms with Crippen LogP contribution in [0.15, 0.2) is 12.1 Å². The van der Waals surface area contributed by atoms with Gasteiger partial charge < -0.3 is 18.9 Å². The third-order valence-electron chi connectivity index (χ3n) is 7.37. The lowest BCUT2D eigenvalue weighted by Crippen LogP contribution is -2.18. The first-order chi connectivity index (χ1) is 19.3. The molecule has 1 aromatic rings. The molecule has 0 aliphatic heterocycles. The lowest BCUT2D eigenvalue weighted by molar-refractivity contribution is -0.131. The maximum Gasteiger partial charge on any atom is 0.308 e. The van der Waals surface area contributed by atoms with E-state index in [1.165, 1.54) is 84.0 Å². The number of carbonyl (C=O) groups is 1. The molecule has 0 aromatic heterocycles. The molecule has 0 N–H and O–H groups in total. The highest BCUT2D eigenvalue weighted by Gasteiger charge is 2.22. The van der Waals surface area contributed by atoms with Crippen LogP contribution in [0.1, 0.15) is 164 Å². The molecular formula is C35H62O5. The molecule has 0 fully saturated rings. The smallest absolute Gasteiger partial charge is 0.308 e. The van der Waals surface area contributed by atoms with Crippen molar-refractivity contribution in [3.8, 4) is 23.0 Å². The summed E-state index contributed by atoms with van der Waals surface area (Å²) >= 11 is 0. The van der Waals surface area contributed by atoms with Gasteiger partial charge in [0.1, 0.15) is 5.75 Å². The first kappa shape index (κ1) is 36.1. The third-order valence-corrected chi connectivity index (χ3v) is 7.37. The normalized spacial score (nSPS) is 13.5. The van der Waals surface area contributed by atoms with Gasteiger partial charge in [0, 0.05) is 19.1 Å². The zero-order valence-corrected chi connectivity index (χ0v) is 27.2. The molecule has 0 spiro atoms. The van der Waals surface area contributed by atoms with E-state index in [-0.39, 0.29) is 24.3 Å². The first-order valence-electron chi connectivity index (χ1n) is 16.7. The lowest BCUT2D eigenvalue weighted by Gasteiger charge is -2.25. The van der Waals surface area contributed by atoms with Gasteiger partial charge in [0.15, 0.2) is 11.5 Å². The molecule has 0 heterocycles. The number of unbranched alkanes of at least 4 members (excludes halogenated alkanes) is 12. The predicted molar refractivity (Wildman–Crippen MR) is 168 cm³/mol. The van der Waals surface area contributed by atoms with Gasteiger partial charge in [0.25, 0.3) is 0 Å². The van der Waals surface area contributed by atoms with Crippen molar-refractivity contribution in [1.29, 1.82) is 0 Å². The Morgan fingerprint density at radius 3 is 1.27 bits per heavy atom. The van der Waals surface area contributed by atoms with E-state index < -0.39 is 0 Å². The van der Waals surface area contributed by atoms with E-state index in [1.807, 2.05) is 0 Å². The fraction of sp³-hybridized carbons (Fsp3) is 0.800. The average molecular weight is 563 g/mol. The summed E-state index contributed by atoms with van der Waals surface area (Å²) < 4.78 is 25.1. The largest absolute Gasteiger partial charge is 0.487 e. The molecule has 5 heteroatoms. The summed E-state index contributed by atoms with van der Waals surface area (Å²) in [5.74, 6) is 1.90. The molecule has 0 aliphatic carbocycles. The summed E-state index contributed by atoms with van der Waals surface area (Å²) in [6.07, 6.45) is 21.4. The zero-order chi connectivity index (χ0) is 29.6. The van der Waals surface area contributed by atoms with Gasteiger partial charge in [0.2, 0.25) is 5.75 Å². The summed E-state index contributed by atoms with van der Waals surface area (Å²) in [5.41, 5.74) is 0. The van der Waals surface area contributed by atoms with Crippen LogP contribution >= 0.6 is 0 Å². The molecule has 232 valence electrons. The summed E-state index contributed by atoms with van der Waals surface area (Å²) in [5, 5.41) is 0. The molecule has 5 nitrogen and oxygen atoms in total. The minimum atomic E-state index is -0.362. The van der Waals surface area contributed by atoms with Crippen molar-refractivity contribution in [3.05, 3.63) is 12.1 Å². The number of rotatable bonds is 25. The number of esters is 1. The molecule has 3 atom stereocenters.